The number of benzene rings is 1. The normalized spacial score (nSPS) is 14.3. The predicted molar refractivity (Wildman–Crippen MR) is 65.3 cm³/mol. The van der Waals surface area contributed by atoms with Crippen LogP contribution < -0.4 is 5.32 Å². The van der Waals surface area contributed by atoms with Gasteiger partial charge in [-0.15, -0.1) is 0 Å². The van der Waals surface area contributed by atoms with Crippen LogP contribution in [0.3, 0.4) is 0 Å². The molecular weight excluding hydrogens is 234 g/mol. The van der Waals surface area contributed by atoms with Crippen LogP contribution in [-0.4, -0.2) is 29.1 Å². The highest BCUT2D eigenvalue weighted by molar-refractivity contribution is 6.04. The lowest BCUT2D eigenvalue weighted by atomic mass is 10.1. The van der Waals surface area contributed by atoms with E-state index >= 15 is 0 Å². The number of nitrogens with one attached hydrogen (secondary N) is 2. The van der Waals surface area contributed by atoms with Crippen molar-refractivity contribution in [3.63, 3.8) is 0 Å². The Morgan fingerprint density at radius 1 is 1.39 bits per heavy atom. The highest BCUT2D eigenvalue weighted by Crippen LogP contribution is 2.30. The second-order valence-electron chi connectivity index (χ2n) is 4.01. The molecule has 1 aliphatic rings. The summed E-state index contributed by atoms with van der Waals surface area (Å²) in [5, 5.41) is 3.63. The molecule has 1 aliphatic heterocycles. The van der Waals surface area contributed by atoms with E-state index in [0.29, 0.717) is 5.82 Å². The van der Waals surface area contributed by atoms with Gasteiger partial charge in [-0.2, -0.15) is 0 Å². The van der Waals surface area contributed by atoms with Gasteiger partial charge in [0.05, 0.1) is 13.7 Å². The summed E-state index contributed by atoms with van der Waals surface area (Å²) in [7, 11) is 1.25. The van der Waals surface area contributed by atoms with Gasteiger partial charge in [-0.25, -0.2) is 14.5 Å². The molecule has 0 atom stereocenters. The third-order valence-electron chi connectivity index (χ3n) is 3.00. The minimum atomic E-state index is -0.663. The fraction of sp³-hybridized carbons (Fsp3) is 0.167. The van der Waals surface area contributed by atoms with Crippen molar-refractivity contribution in [1.82, 2.24) is 9.88 Å². The molecule has 2 aromatic rings. The summed E-state index contributed by atoms with van der Waals surface area (Å²) in [5.41, 5.74) is 1.81. The van der Waals surface area contributed by atoms with Gasteiger partial charge in [0.25, 0.3) is 0 Å². The molecule has 0 bridgehead atoms. The van der Waals surface area contributed by atoms with Crippen molar-refractivity contribution in [3.8, 4) is 0 Å². The number of imide groups is 1. The fourth-order valence-corrected chi connectivity index (χ4v) is 2.13. The van der Waals surface area contributed by atoms with Gasteiger partial charge in [0.2, 0.25) is 0 Å². The lowest BCUT2D eigenvalue weighted by Gasteiger charge is -2.24. The Balaban J connectivity index is 2.09. The maximum absolute atomic E-state index is 11.7. The van der Waals surface area contributed by atoms with Crippen molar-refractivity contribution in [2.45, 2.75) is 6.54 Å². The van der Waals surface area contributed by atoms with Gasteiger partial charge in [0.15, 0.2) is 0 Å². The van der Waals surface area contributed by atoms with Gasteiger partial charge in [0.1, 0.15) is 5.82 Å². The van der Waals surface area contributed by atoms with Crippen LogP contribution in [0.15, 0.2) is 24.3 Å². The zero-order valence-electron chi connectivity index (χ0n) is 9.69. The number of aromatic nitrogens is 1. The molecule has 92 valence electrons. The van der Waals surface area contributed by atoms with Crippen molar-refractivity contribution >= 4 is 28.8 Å². The number of carbonyl (C=O) groups is 2. The Labute approximate surface area is 103 Å². The number of amides is 3. The molecule has 0 saturated carbocycles. The van der Waals surface area contributed by atoms with Crippen molar-refractivity contribution < 1.29 is 14.3 Å². The Hall–Kier alpha value is -2.50. The van der Waals surface area contributed by atoms with E-state index in [4.69, 9.17) is 0 Å². The second kappa shape index (κ2) is 3.76. The van der Waals surface area contributed by atoms with Gasteiger partial charge in [-0.1, -0.05) is 18.2 Å². The van der Waals surface area contributed by atoms with Gasteiger partial charge in [0, 0.05) is 16.5 Å². The van der Waals surface area contributed by atoms with E-state index in [1.165, 1.54) is 7.11 Å². The number of nitrogens with zero attached hydrogens (tertiary/aromatic N) is 1. The summed E-state index contributed by atoms with van der Waals surface area (Å²) in [4.78, 5) is 27.3. The molecule has 6 heteroatoms. The number of ether oxygens (including phenoxy) is 1. The summed E-state index contributed by atoms with van der Waals surface area (Å²) < 4.78 is 4.58. The van der Waals surface area contributed by atoms with Crippen LogP contribution in [0.2, 0.25) is 0 Å². The molecule has 0 unspecified atom stereocenters. The maximum atomic E-state index is 11.7. The van der Waals surface area contributed by atoms with Gasteiger partial charge >= 0.3 is 12.1 Å². The third kappa shape index (κ3) is 1.42. The number of urea groups is 1. The summed E-state index contributed by atoms with van der Waals surface area (Å²) in [6, 6.07) is 7.19. The predicted octanol–water partition coefficient (Wildman–Crippen LogP) is 2.28. The van der Waals surface area contributed by atoms with E-state index in [1.54, 1.807) is 0 Å². The smallest absolute Gasteiger partial charge is 0.418 e. The molecular formula is C12H11N3O3. The summed E-state index contributed by atoms with van der Waals surface area (Å²) in [6.45, 7) is 0.206. The first-order chi connectivity index (χ1) is 8.70. The number of anilines is 1. The minimum absolute atomic E-state index is 0.206. The van der Waals surface area contributed by atoms with Gasteiger partial charge < -0.3 is 9.72 Å². The topological polar surface area (TPSA) is 74.4 Å². The van der Waals surface area contributed by atoms with Crippen LogP contribution in [0.5, 0.6) is 0 Å². The van der Waals surface area contributed by atoms with Crippen LogP contribution in [0.25, 0.3) is 10.9 Å². The van der Waals surface area contributed by atoms with Crippen LogP contribution >= 0.6 is 0 Å². The van der Waals surface area contributed by atoms with E-state index in [1.807, 2.05) is 24.3 Å². The van der Waals surface area contributed by atoms with Crippen LogP contribution in [0, 0.1) is 0 Å². The molecule has 0 saturated heterocycles. The average molecular weight is 245 g/mol. The maximum Gasteiger partial charge on any atom is 0.418 e. The molecule has 18 heavy (non-hydrogen) atoms. The molecule has 2 N–H and O–H groups in total. The van der Waals surface area contributed by atoms with Crippen molar-refractivity contribution in [1.29, 1.82) is 0 Å². The molecule has 3 amide bonds. The first kappa shape index (κ1) is 10.6. The number of para-hydroxylation sites is 1. The van der Waals surface area contributed by atoms with Gasteiger partial charge in [-0.05, 0) is 6.07 Å². The Kier molecular flexibility index (Phi) is 2.22. The van der Waals surface area contributed by atoms with Gasteiger partial charge in [-0.3, -0.25) is 5.32 Å². The largest absolute Gasteiger partial charge is 0.452 e. The molecule has 0 spiro atoms. The lowest BCUT2D eigenvalue weighted by Crippen LogP contribution is -2.42. The van der Waals surface area contributed by atoms with Crippen molar-refractivity contribution in [2.75, 3.05) is 12.4 Å². The molecule has 0 radical (unpaired) electrons. The number of aromatic amines is 1. The van der Waals surface area contributed by atoms with Crippen molar-refractivity contribution in [2.24, 2.45) is 0 Å². The Morgan fingerprint density at radius 3 is 2.94 bits per heavy atom. The summed E-state index contributed by atoms with van der Waals surface area (Å²) >= 11 is 0. The van der Waals surface area contributed by atoms with E-state index in [0.717, 1.165) is 21.4 Å². The number of hydrogen-bond donors (Lipinski definition) is 2. The highest BCUT2D eigenvalue weighted by Gasteiger charge is 2.30. The SMILES string of the molecule is COC(=O)N1Cc2c([nH]c3ccccc23)NC1=O. The standard InChI is InChI=1S/C12H11N3O3/c1-18-12(17)15-6-8-7-4-2-3-5-9(7)13-10(8)14-11(15)16/h2-5,13H,6H2,1H3,(H,14,16). The minimum Gasteiger partial charge on any atom is -0.452 e. The number of hydrogen-bond acceptors (Lipinski definition) is 3. The quantitative estimate of drug-likeness (QED) is 0.747. The number of carbonyl (C=O) groups excluding carboxylic acids is 2. The Bertz CT molecular complexity index is 647. The zero-order chi connectivity index (χ0) is 12.7. The Morgan fingerprint density at radius 2 is 2.17 bits per heavy atom. The van der Waals surface area contributed by atoms with Crippen LogP contribution in [-0.2, 0) is 11.3 Å². The number of fused-ring (bicyclic) bond motifs is 3. The second-order valence-corrected chi connectivity index (χ2v) is 4.01. The monoisotopic (exact) mass is 245 g/mol. The summed E-state index contributed by atoms with van der Waals surface area (Å²) in [5.74, 6) is 0.640. The highest BCUT2D eigenvalue weighted by atomic mass is 16.5. The van der Waals surface area contributed by atoms with E-state index in [9.17, 15) is 9.59 Å². The average Bonchev–Trinajstić information content (AvgIpc) is 2.74. The number of methoxy groups -OCH3 is 1. The van der Waals surface area contributed by atoms with E-state index < -0.39 is 12.1 Å². The molecule has 2 heterocycles. The number of H-pyrrole nitrogens is 1. The molecule has 3 rings (SSSR count). The van der Waals surface area contributed by atoms with E-state index in [2.05, 4.69) is 15.0 Å². The number of rotatable bonds is 0. The van der Waals surface area contributed by atoms with E-state index in [-0.39, 0.29) is 6.54 Å². The molecule has 1 aromatic heterocycles. The zero-order valence-corrected chi connectivity index (χ0v) is 9.69. The molecule has 0 aliphatic carbocycles. The van der Waals surface area contributed by atoms with Crippen LogP contribution in [0.4, 0.5) is 15.4 Å². The fourth-order valence-electron chi connectivity index (χ4n) is 2.13. The van der Waals surface area contributed by atoms with Crippen LogP contribution in [0.1, 0.15) is 5.56 Å². The third-order valence-corrected chi connectivity index (χ3v) is 3.00. The summed E-state index contributed by atoms with van der Waals surface area (Å²) in [6.07, 6.45) is -0.663. The molecule has 1 aromatic carbocycles. The van der Waals surface area contributed by atoms with Crippen molar-refractivity contribution in [3.05, 3.63) is 29.8 Å². The first-order valence-electron chi connectivity index (χ1n) is 5.46. The molecule has 0 fully saturated rings. The first-order valence-corrected chi connectivity index (χ1v) is 5.46. The molecule has 6 nitrogen and oxygen atoms in total. The lowest BCUT2D eigenvalue weighted by molar-refractivity contribution is 0.130.